The largest absolute Gasteiger partial charge is 0.482 e. The normalized spacial score (nSPS) is 19.0. The maximum absolute atomic E-state index is 14.2. The van der Waals surface area contributed by atoms with E-state index < -0.39 is 6.10 Å². The number of nitrogens with one attached hydrogen (secondary N) is 2. The summed E-state index contributed by atoms with van der Waals surface area (Å²) in [5, 5.41) is 11.6. The Bertz CT molecular complexity index is 1250. The van der Waals surface area contributed by atoms with Crippen molar-refractivity contribution >= 4 is 17.7 Å². The second-order valence-corrected chi connectivity index (χ2v) is 8.66. The van der Waals surface area contributed by atoms with Crippen molar-refractivity contribution in [2.75, 3.05) is 5.73 Å². The fraction of sp³-hybridized carbons (Fsp3) is 0.269. The van der Waals surface area contributed by atoms with Crippen molar-refractivity contribution in [3.05, 3.63) is 76.9 Å². The lowest BCUT2D eigenvalue weighted by atomic mass is 9.96. The van der Waals surface area contributed by atoms with Crippen molar-refractivity contribution < 1.29 is 9.13 Å². The van der Waals surface area contributed by atoms with Crippen LogP contribution in [-0.4, -0.2) is 16.2 Å². The zero-order valence-corrected chi connectivity index (χ0v) is 18.4. The summed E-state index contributed by atoms with van der Waals surface area (Å²) in [5.41, 5.74) is 11.9. The van der Waals surface area contributed by atoms with E-state index >= 15 is 0 Å². The number of nitrogens with zero attached hydrogens (tertiary/aromatic N) is 2. The van der Waals surface area contributed by atoms with Gasteiger partial charge in [0, 0.05) is 47.5 Å². The van der Waals surface area contributed by atoms with E-state index in [1.807, 2.05) is 25.1 Å². The van der Waals surface area contributed by atoms with Crippen LogP contribution in [0.3, 0.4) is 0 Å². The molecule has 0 saturated heterocycles. The SMILES string of the molecule is CC1Oc2cc(cnc2N)/C(=C(/C=N)CC2CC2)NCc2cccnc2-c2ccc(F)cc21. The van der Waals surface area contributed by atoms with E-state index in [9.17, 15) is 4.39 Å². The fourth-order valence-electron chi connectivity index (χ4n) is 4.30. The van der Waals surface area contributed by atoms with Crippen molar-refractivity contribution in [2.24, 2.45) is 5.92 Å². The second kappa shape index (κ2) is 8.65. The molecule has 0 spiro atoms. The summed E-state index contributed by atoms with van der Waals surface area (Å²) in [5.74, 6) is 0.960. The molecule has 4 N–H and O–H groups in total. The number of rotatable bonds is 3. The van der Waals surface area contributed by atoms with Crippen molar-refractivity contribution in [3.63, 3.8) is 0 Å². The van der Waals surface area contributed by atoms with E-state index in [-0.39, 0.29) is 11.6 Å². The number of halogens is 1. The molecule has 1 aliphatic carbocycles. The Balaban J connectivity index is 1.70. The van der Waals surface area contributed by atoms with Gasteiger partial charge in [-0.1, -0.05) is 6.07 Å². The Kier molecular flexibility index (Phi) is 5.54. The number of anilines is 1. The molecule has 1 aliphatic heterocycles. The van der Waals surface area contributed by atoms with Crippen LogP contribution in [0.2, 0.25) is 0 Å². The molecule has 3 aromatic rings. The molecule has 1 saturated carbocycles. The first kappa shape index (κ1) is 21.1. The highest BCUT2D eigenvalue weighted by atomic mass is 19.1. The van der Waals surface area contributed by atoms with Crippen LogP contribution in [0.1, 0.15) is 49.0 Å². The van der Waals surface area contributed by atoms with Gasteiger partial charge in [0.1, 0.15) is 11.9 Å². The molecule has 168 valence electrons. The Labute approximate surface area is 192 Å². The number of hydrogen-bond donors (Lipinski definition) is 3. The van der Waals surface area contributed by atoms with Gasteiger partial charge in [0.15, 0.2) is 11.6 Å². The molecular weight excluding hydrogens is 417 g/mol. The average Bonchev–Trinajstić information content (AvgIpc) is 3.64. The summed E-state index contributed by atoms with van der Waals surface area (Å²) in [7, 11) is 0. The zero-order valence-electron chi connectivity index (χ0n) is 18.4. The molecule has 2 aliphatic rings. The van der Waals surface area contributed by atoms with Crippen LogP contribution in [0.15, 0.2) is 54.4 Å². The lowest BCUT2D eigenvalue weighted by Crippen LogP contribution is -2.18. The molecule has 1 aromatic carbocycles. The molecule has 2 bridgehead atoms. The maximum Gasteiger partial charge on any atom is 0.166 e. The Hall–Kier alpha value is -3.74. The van der Waals surface area contributed by atoms with Crippen LogP contribution < -0.4 is 15.8 Å². The fourth-order valence-corrected chi connectivity index (χ4v) is 4.30. The first-order chi connectivity index (χ1) is 16.0. The number of aromatic nitrogens is 2. The number of allylic oxidation sites excluding steroid dienone is 1. The minimum absolute atomic E-state index is 0.261. The first-order valence-corrected chi connectivity index (χ1v) is 11.2. The van der Waals surface area contributed by atoms with Crippen molar-refractivity contribution in [2.45, 2.75) is 38.8 Å². The van der Waals surface area contributed by atoms with Gasteiger partial charge in [0.25, 0.3) is 0 Å². The van der Waals surface area contributed by atoms with Crippen molar-refractivity contribution in [3.8, 4) is 17.0 Å². The van der Waals surface area contributed by atoms with Gasteiger partial charge >= 0.3 is 0 Å². The lowest BCUT2D eigenvalue weighted by molar-refractivity contribution is 0.227. The van der Waals surface area contributed by atoms with Crippen LogP contribution in [0.4, 0.5) is 10.2 Å². The van der Waals surface area contributed by atoms with E-state index in [1.165, 1.54) is 31.2 Å². The predicted octanol–water partition coefficient (Wildman–Crippen LogP) is 5.27. The summed E-state index contributed by atoms with van der Waals surface area (Å²) in [6, 6.07) is 10.4. The summed E-state index contributed by atoms with van der Waals surface area (Å²) < 4.78 is 20.5. The smallest absolute Gasteiger partial charge is 0.166 e. The molecule has 1 unspecified atom stereocenters. The van der Waals surface area contributed by atoms with E-state index in [0.29, 0.717) is 23.8 Å². The lowest BCUT2D eigenvalue weighted by Gasteiger charge is -2.23. The third-order valence-corrected chi connectivity index (χ3v) is 6.23. The number of benzene rings is 1. The van der Waals surface area contributed by atoms with Gasteiger partial charge in [-0.15, -0.1) is 0 Å². The molecule has 1 atom stereocenters. The number of hydrogen-bond acceptors (Lipinski definition) is 6. The number of nitrogen functional groups attached to an aromatic ring is 1. The van der Waals surface area contributed by atoms with E-state index in [0.717, 1.165) is 40.1 Å². The monoisotopic (exact) mass is 443 g/mol. The molecular formula is C26H26FN5O. The van der Waals surface area contributed by atoms with Crippen LogP contribution in [0, 0.1) is 17.1 Å². The molecule has 2 aromatic heterocycles. The minimum atomic E-state index is -0.488. The summed E-state index contributed by atoms with van der Waals surface area (Å²) in [4.78, 5) is 8.99. The summed E-state index contributed by atoms with van der Waals surface area (Å²) in [6.45, 7) is 2.36. The second-order valence-electron chi connectivity index (χ2n) is 8.66. The Morgan fingerprint density at radius 1 is 1.27 bits per heavy atom. The van der Waals surface area contributed by atoms with E-state index in [2.05, 4.69) is 15.3 Å². The molecule has 0 radical (unpaired) electrons. The quantitative estimate of drug-likeness (QED) is 0.479. The van der Waals surface area contributed by atoms with Crippen LogP contribution in [-0.2, 0) is 6.54 Å². The van der Waals surface area contributed by atoms with Crippen molar-refractivity contribution in [1.82, 2.24) is 15.3 Å². The van der Waals surface area contributed by atoms with Gasteiger partial charge in [-0.2, -0.15) is 0 Å². The number of fused-ring (bicyclic) bond motifs is 5. The molecule has 7 heteroatoms. The van der Waals surface area contributed by atoms with Crippen LogP contribution in [0.5, 0.6) is 5.75 Å². The molecule has 6 nitrogen and oxygen atoms in total. The first-order valence-electron chi connectivity index (χ1n) is 11.2. The highest BCUT2D eigenvalue weighted by molar-refractivity contribution is 5.89. The number of nitrogens with two attached hydrogens (primary N) is 1. The third-order valence-electron chi connectivity index (χ3n) is 6.23. The molecule has 0 amide bonds. The maximum atomic E-state index is 14.2. The highest BCUT2D eigenvalue weighted by Crippen LogP contribution is 2.38. The van der Waals surface area contributed by atoms with Gasteiger partial charge in [-0.05, 0) is 73.6 Å². The van der Waals surface area contributed by atoms with E-state index in [1.54, 1.807) is 18.5 Å². The molecule has 1 fully saturated rings. The van der Waals surface area contributed by atoms with Crippen molar-refractivity contribution in [1.29, 1.82) is 5.41 Å². The topological polar surface area (TPSA) is 96.9 Å². The Morgan fingerprint density at radius 2 is 2.12 bits per heavy atom. The predicted molar refractivity (Wildman–Crippen MR) is 127 cm³/mol. The number of pyridine rings is 2. The molecule has 5 rings (SSSR count). The van der Waals surface area contributed by atoms with Gasteiger partial charge in [0.05, 0.1) is 5.69 Å². The van der Waals surface area contributed by atoms with E-state index in [4.69, 9.17) is 15.9 Å². The Morgan fingerprint density at radius 3 is 2.91 bits per heavy atom. The summed E-state index contributed by atoms with van der Waals surface area (Å²) in [6.07, 6.45) is 7.60. The standard InChI is InChI=1S/C26H26FN5O/c1-15-22-11-20(27)6-7-21(22)25-17(3-2-8-30-25)13-31-24(18(12-28)9-16-4-5-16)19-10-23(33-15)26(29)32-14-19/h2-3,6-8,10-12,14-16,28,31H,4-5,9,13H2,1H3,(H2,29,32)/b24-18-,28-12?. The zero-order chi connectivity index (χ0) is 22.9. The highest BCUT2D eigenvalue weighted by Gasteiger charge is 2.25. The molecule has 33 heavy (non-hydrogen) atoms. The van der Waals surface area contributed by atoms with Crippen LogP contribution in [0.25, 0.3) is 17.0 Å². The molecule has 3 heterocycles. The summed E-state index contributed by atoms with van der Waals surface area (Å²) >= 11 is 0. The van der Waals surface area contributed by atoms with Gasteiger partial charge in [-0.3, -0.25) is 4.98 Å². The third kappa shape index (κ3) is 4.31. The number of ether oxygens (including phenoxy) is 1. The minimum Gasteiger partial charge on any atom is -0.482 e. The average molecular weight is 444 g/mol. The van der Waals surface area contributed by atoms with Crippen LogP contribution >= 0.6 is 0 Å². The van der Waals surface area contributed by atoms with Gasteiger partial charge < -0.3 is 21.2 Å². The van der Waals surface area contributed by atoms with Gasteiger partial charge in [-0.25, -0.2) is 9.37 Å². The van der Waals surface area contributed by atoms with Gasteiger partial charge in [0.2, 0.25) is 0 Å².